The van der Waals surface area contributed by atoms with Gasteiger partial charge in [0.05, 0.1) is 13.3 Å². The number of methoxy groups -OCH3 is 1. The minimum Gasteiger partial charge on any atom is -0.494 e. The molecule has 1 rings (SSSR count). The first kappa shape index (κ1) is 14.9. The highest BCUT2D eigenvalue weighted by molar-refractivity contribution is 9.10. The van der Waals surface area contributed by atoms with E-state index in [0.717, 1.165) is 7.11 Å². The molecule has 1 aromatic heterocycles. The molecular formula is C8H4BrF6NO2. The van der Waals surface area contributed by atoms with Crippen LogP contribution < -0.4 is 9.47 Å². The first-order valence-electron chi connectivity index (χ1n) is 4.11. The van der Waals surface area contributed by atoms with Crippen LogP contribution >= 0.6 is 15.9 Å². The fourth-order valence-electron chi connectivity index (χ4n) is 1.01. The predicted octanol–water partition coefficient (Wildman–Crippen LogP) is 3.77. The zero-order chi connectivity index (χ0) is 14.1. The van der Waals surface area contributed by atoms with Crippen molar-refractivity contribution < 1.29 is 35.8 Å². The number of pyridine rings is 1. The molecule has 0 aliphatic carbocycles. The predicted molar refractivity (Wildman–Crippen MR) is 50.2 cm³/mol. The number of ether oxygens (including phenoxy) is 2. The maximum absolute atomic E-state index is 12.5. The Morgan fingerprint density at radius 3 is 2.11 bits per heavy atom. The first-order chi connectivity index (χ1) is 8.06. The second-order valence-corrected chi connectivity index (χ2v) is 3.66. The van der Waals surface area contributed by atoms with Crippen LogP contribution in [0.4, 0.5) is 26.3 Å². The summed E-state index contributed by atoms with van der Waals surface area (Å²) in [4.78, 5) is 2.86. The minimum atomic E-state index is -5.28. The van der Waals surface area contributed by atoms with Gasteiger partial charge < -0.3 is 9.47 Å². The fourth-order valence-corrected chi connectivity index (χ4v) is 1.54. The van der Waals surface area contributed by atoms with Gasteiger partial charge in [0.1, 0.15) is 4.47 Å². The van der Waals surface area contributed by atoms with Gasteiger partial charge in [-0.2, -0.15) is 13.2 Å². The van der Waals surface area contributed by atoms with Crippen LogP contribution in [0.25, 0.3) is 0 Å². The lowest BCUT2D eigenvalue weighted by molar-refractivity contribution is -0.276. The van der Waals surface area contributed by atoms with Crippen LogP contribution in [0.5, 0.6) is 11.5 Å². The van der Waals surface area contributed by atoms with E-state index >= 15 is 0 Å². The zero-order valence-corrected chi connectivity index (χ0v) is 10.1. The SMILES string of the molecule is COc1cnc(C(F)(F)F)c(OC(F)(F)F)c1Br. The van der Waals surface area contributed by atoms with E-state index in [0.29, 0.717) is 6.20 Å². The van der Waals surface area contributed by atoms with E-state index in [1.807, 2.05) is 0 Å². The molecule has 0 aliphatic heterocycles. The molecule has 0 saturated heterocycles. The Labute approximate surface area is 105 Å². The molecule has 0 atom stereocenters. The van der Waals surface area contributed by atoms with Crippen molar-refractivity contribution in [2.45, 2.75) is 12.5 Å². The molecule has 0 radical (unpaired) electrons. The van der Waals surface area contributed by atoms with Gasteiger partial charge in [0.25, 0.3) is 0 Å². The Morgan fingerprint density at radius 2 is 1.72 bits per heavy atom. The highest BCUT2D eigenvalue weighted by Crippen LogP contribution is 2.44. The van der Waals surface area contributed by atoms with Crippen molar-refractivity contribution in [3.63, 3.8) is 0 Å². The first-order valence-corrected chi connectivity index (χ1v) is 4.91. The highest BCUT2D eigenvalue weighted by atomic mass is 79.9. The number of halogens is 7. The maximum atomic E-state index is 12.5. The van der Waals surface area contributed by atoms with E-state index in [4.69, 9.17) is 0 Å². The van der Waals surface area contributed by atoms with Gasteiger partial charge in [-0.15, -0.1) is 13.2 Å². The van der Waals surface area contributed by atoms with Gasteiger partial charge >= 0.3 is 12.5 Å². The summed E-state index contributed by atoms with van der Waals surface area (Å²) in [5.41, 5.74) is -1.80. The summed E-state index contributed by atoms with van der Waals surface area (Å²) in [6.45, 7) is 0. The molecule has 102 valence electrons. The smallest absolute Gasteiger partial charge is 0.494 e. The lowest BCUT2D eigenvalue weighted by atomic mass is 10.3. The van der Waals surface area contributed by atoms with Gasteiger partial charge in [-0.25, -0.2) is 4.98 Å². The Hall–Kier alpha value is -1.19. The van der Waals surface area contributed by atoms with Gasteiger partial charge in [-0.05, 0) is 15.9 Å². The number of aromatic nitrogens is 1. The molecule has 18 heavy (non-hydrogen) atoms. The summed E-state index contributed by atoms with van der Waals surface area (Å²) in [7, 11) is 1.06. The summed E-state index contributed by atoms with van der Waals surface area (Å²) in [6, 6.07) is 0. The van der Waals surface area contributed by atoms with Gasteiger partial charge in [0.15, 0.2) is 17.2 Å². The van der Waals surface area contributed by atoms with E-state index in [1.165, 1.54) is 0 Å². The van der Waals surface area contributed by atoms with Crippen molar-refractivity contribution >= 4 is 15.9 Å². The third-order valence-electron chi connectivity index (χ3n) is 1.65. The minimum absolute atomic E-state index is 0.317. The van der Waals surface area contributed by atoms with E-state index < -0.39 is 28.5 Å². The largest absolute Gasteiger partial charge is 0.573 e. The van der Waals surface area contributed by atoms with Crippen LogP contribution in [0.1, 0.15) is 5.69 Å². The topological polar surface area (TPSA) is 31.4 Å². The van der Waals surface area contributed by atoms with Crippen LogP contribution in [0.3, 0.4) is 0 Å². The highest BCUT2D eigenvalue weighted by Gasteiger charge is 2.42. The normalized spacial score (nSPS) is 12.4. The quantitative estimate of drug-likeness (QED) is 0.768. The Morgan fingerprint density at radius 1 is 1.17 bits per heavy atom. The van der Waals surface area contributed by atoms with Crippen LogP contribution in [0.15, 0.2) is 10.7 Å². The Kier molecular flexibility index (Phi) is 3.99. The fraction of sp³-hybridized carbons (Fsp3) is 0.375. The van der Waals surface area contributed by atoms with E-state index in [1.54, 1.807) is 0 Å². The maximum Gasteiger partial charge on any atom is 0.573 e. The average molecular weight is 340 g/mol. The van der Waals surface area contributed by atoms with E-state index in [9.17, 15) is 26.3 Å². The summed E-state index contributed by atoms with van der Waals surface area (Å²) in [5.74, 6) is -1.81. The molecule has 0 spiro atoms. The molecule has 0 fully saturated rings. The molecule has 1 heterocycles. The average Bonchev–Trinajstić information content (AvgIpc) is 2.17. The molecular weight excluding hydrogens is 336 g/mol. The number of hydrogen-bond donors (Lipinski definition) is 0. The second-order valence-electron chi connectivity index (χ2n) is 2.86. The van der Waals surface area contributed by atoms with Crippen molar-refractivity contribution in [1.29, 1.82) is 0 Å². The third kappa shape index (κ3) is 3.40. The third-order valence-corrected chi connectivity index (χ3v) is 2.40. The van der Waals surface area contributed by atoms with Crippen molar-refractivity contribution in [3.05, 3.63) is 16.4 Å². The lowest BCUT2D eigenvalue weighted by Gasteiger charge is -2.17. The van der Waals surface area contributed by atoms with Gasteiger partial charge in [-0.3, -0.25) is 0 Å². The molecule has 3 nitrogen and oxygen atoms in total. The Bertz CT molecular complexity index is 444. The van der Waals surface area contributed by atoms with Crippen LogP contribution in [-0.2, 0) is 6.18 Å². The molecule has 0 aromatic carbocycles. The van der Waals surface area contributed by atoms with Gasteiger partial charge in [0.2, 0.25) is 0 Å². The van der Waals surface area contributed by atoms with Crippen LogP contribution in [0, 0.1) is 0 Å². The molecule has 10 heteroatoms. The van der Waals surface area contributed by atoms with Crippen LogP contribution in [0.2, 0.25) is 0 Å². The summed E-state index contributed by atoms with van der Waals surface area (Å²) in [6.07, 6.45) is -9.73. The van der Waals surface area contributed by atoms with Crippen LogP contribution in [-0.4, -0.2) is 18.5 Å². The van der Waals surface area contributed by atoms with Crippen molar-refractivity contribution in [2.24, 2.45) is 0 Å². The Balaban J connectivity index is 3.41. The van der Waals surface area contributed by atoms with E-state index in [2.05, 4.69) is 30.4 Å². The molecule has 0 aliphatic rings. The molecule has 0 saturated carbocycles. The summed E-state index contributed by atoms with van der Waals surface area (Å²) in [5, 5.41) is 0. The lowest BCUT2D eigenvalue weighted by Crippen LogP contribution is -2.21. The number of alkyl halides is 6. The monoisotopic (exact) mass is 339 g/mol. The van der Waals surface area contributed by atoms with Crippen molar-refractivity contribution in [3.8, 4) is 11.5 Å². The molecule has 0 N–H and O–H groups in total. The standard InChI is InChI=1S/C8H4BrF6NO2/c1-17-3-2-16-6(7(10,11)12)5(4(3)9)18-8(13,14)15/h2H,1H3. The van der Waals surface area contributed by atoms with Gasteiger partial charge in [-0.1, -0.05) is 0 Å². The zero-order valence-electron chi connectivity index (χ0n) is 8.49. The van der Waals surface area contributed by atoms with Crippen molar-refractivity contribution in [2.75, 3.05) is 7.11 Å². The molecule has 0 amide bonds. The second kappa shape index (κ2) is 4.82. The number of rotatable bonds is 2. The van der Waals surface area contributed by atoms with Gasteiger partial charge in [0, 0.05) is 0 Å². The van der Waals surface area contributed by atoms with E-state index in [-0.39, 0.29) is 5.75 Å². The molecule has 1 aromatic rings. The number of nitrogens with zero attached hydrogens (tertiary/aromatic N) is 1. The summed E-state index contributed by atoms with van der Waals surface area (Å²) >= 11 is 2.55. The van der Waals surface area contributed by atoms with Crippen molar-refractivity contribution in [1.82, 2.24) is 4.98 Å². The summed E-state index contributed by atoms with van der Waals surface area (Å²) < 4.78 is 80.8. The molecule has 0 bridgehead atoms. The number of hydrogen-bond acceptors (Lipinski definition) is 3. The molecule has 0 unspecified atom stereocenters.